The first kappa shape index (κ1) is 22.5. The fourth-order valence-corrected chi connectivity index (χ4v) is 6.18. The highest BCUT2D eigenvalue weighted by atomic mass is 32.2. The molecule has 0 bridgehead atoms. The summed E-state index contributed by atoms with van der Waals surface area (Å²) < 4.78 is 40.3. The molecule has 174 valence electrons. The molecule has 0 saturated carbocycles. The second-order valence-electron chi connectivity index (χ2n) is 8.32. The molecule has 0 spiro atoms. The molecular weight excluding hydrogens is 472 g/mol. The molecular formula is C25H22N2O5S2. The number of esters is 1. The smallest absolute Gasteiger partial charge is 0.324 e. The standard InChI is InChI=1S/C25H22N2O5S2/c1-14(2)23(25(28)31-3)27-34(29,30)16-9-11-18-17-10-8-15(12-20(17)32-21(18)13-16)24-26-19-6-4-5-7-22(19)33-24/h4-14,23,27H,1-3H3. The number of para-hydroxylation sites is 1. The number of aromatic nitrogens is 1. The Balaban J connectivity index is 1.53. The van der Waals surface area contributed by atoms with E-state index in [1.807, 2.05) is 42.5 Å². The minimum Gasteiger partial charge on any atom is -0.468 e. The summed E-state index contributed by atoms with van der Waals surface area (Å²) in [6.07, 6.45) is 0. The van der Waals surface area contributed by atoms with Gasteiger partial charge in [0.1, 0.15) is 22.2 Å². The van der Waals surface area contributed by atoms with Crippen LogP contribution in [0.2, 0.25) is 0 Å². The van der Waals surface area contributed by atoms with Crippen LogP contribution in [0.3, 0.4) is 0 Å². The van der Waals surface area contributed by atoms with Crippen LogP contribution < -0.4 is 4.72 Å². The van der Waals surface area contributed by atoms with Crippen LogP contribution in [-0.2, 0) is 19.6 Å². The lowest BCUT2D eigenvalue weighted by Gasteiger charge is -2.19. The van der Waals surface area contributed by atoms with E-state index in [9.17, 15) is 13.2 Å². The van der Waals surface area contributed by atoms with Crippen LogP contribution in [0.5, 0.6) is 0 Å². The lowest BCUT2D eigenvalue weighted by atomic mass is 10.1. The summed E-state index contributed by atoms with van der Waals surface area (Å²) in [6.45, 7) is 3.49. The van der Waals surface area contributed by atoms with Crippen molar-refractivity contribution in [1.82, 2.24) is 9.71 Å². The molecule has 0 aliphatic heterocycles. The van der Waals surface area contributed by atoms with Crippen molar-refractivity contribution in [2.24, 2.45) is 5.92 Å². The maximum Gasteiger partial charge on any atom is 0.324 e. The molecule has 5 aromatic rings. The Labute approximate surface area is 200 Å². The van der Waals surface area contributed by atoms with E-state index in [-0.39, 0.29) is 10.8 Å². The van der Waals surface area contributed by atoms with Gasteiger partial charge in [-0.05, 0) is 42.3 Å². The molecule has 9 heteroatoms. The number of fused-ring (bicyclic) bond motifs is 4. The van der Waals surface area contributed by atoms with Crippen molar-refractivity contribution in [3.05, 3.63) is 60.7 Å². The minimum absolute atomic E-state index is 0.0139. The summed E-state index contributed by atoms with van der Waals surface area (Å²) in [4.78, 5) is 16.7. The Morgan fingerprint density at radius 3 is 2.44 bits per heavy atom. The SMILES string of the molecule is COC(=O)C(NS(=O)(=O)c1ccc2c(c1)oc1cc(-c3nc4ccccc4s3)ccc12)C(C)C. The van der Waals surface area contributed by atoms with Gasteiger partial charge < -0.3 is 9.15 Å². The first-order valence-electron chi connectivity index (χ1n) is 10.7. The molecule has 1 atom stereocenters. The highest BCUT2D eigenvalue weighted by molar-refractivity contribution is 7.89. The molecule has 7 nitrogen and oxygen atoms in total. The average molecular weight is 495 g/mol. The summed E-state index contributed by atoms with van der Waals surface area (Å²) >= 11 is 1.61. The molecule has 34 heavy (non-hydrogen) atoms. The number of thiazole rings is 1. The normalized spacial score (nSPS) is 13.2. The topological polar surface area (TPSA) is 98.5 Å². The zero-order valence-corrected chi connectivity index (χ0v) is 20.4. The predicted octanol–water partition coefficient (Wildman–Crippen LogP) is 5.34. The van der Waals surface area contributed by atoms with Crippen LogP contribution in [0.1, 0.15) is 13.8 Å². The summed E-state index contributed by atoms with van der Waals surface area (Å²) in [5.74, 6) is -0.913. The summed E-state index contributed by atoms with van der Waals surface area (Å²) in [5.41, 5.74) is 2.96. The lowest BCUT2D eigenvalue weighted by Crippen LogP contribution is -2.44. The van der Waals surface area contributed by atoms with Crippen molar-refractivity contribution in [2.45, 2.75) is 24.8 Å². The van der Waals surface area contributed by atoms with E-state index in [0.29, 0.717) is 11.2 Å². The van der Waals surface area contributed by atoms with Gasteiger partial charge >= 0.3 is 5.97 Å². The van der Waals surface area contributed by atoms with E-state index in [4.69, 9.17) is 14.1 Å². The quantitative estimate of drug-likeness (QED) is 0.320. The van der Waals surface area contributed by atoms with Gasteiger partial charge in [-0.3, -0.25) is 4.79 Å². The van der Waals surface area contributed by atoms with Crippen molar-refractivity contribution >= 4 is 59.5 Å². The molecule has 0 aliphatic carbocycles. The maximum atomic E-state index is 13.0. The largest absolute Gasteiger partial charge is 0.468 e. The number of furan rings is 1. The van der Waals surface area contributed by atoms with Crippen LogP contribution in [0.25, 0.3) is 42.7 Å². The molecule has 3 aromatic carbocycles. The van der Waals surface area contributed by atoms with Gasteiger partial charge in [-0.15, -0.1) is 11.3 Å². The number of rotatable bonds is 6. The van der Waals surface area contributed by atoms with Gasteiger partial charge in [-0.2, -0.15) is 4.72 Å². The number of carbonyl (C=O) groups excluding carboxylic acids is 1. The molecule has 1 N–H and O–H groups in total. The Kier molecular flexibility index (Phi) is 5.63. The fraction of sp³-hybridized carbons (Fsp3) is 0.200. The lowest BCUT2D eigenvalue weighted by molar-refractivity contribution is -0.143. The van der Waals surface area contributed by atoms with E-state index >= 15 is 0 Å². The Hall–Kier alpha value is -3.27. The zero-order valence-electron chi connectivity index (χ0n) is 18.7. The van der Waals surface area contributed by atoms with Crippen LogP contribution in [-0.4, -0.2) is 32.5 Å². The number of hydrogen-bond donors (Lipinski definition) is 1. The number of methoxy groups -OCH3 is 1. The van der Waals surface area contributed by atoms with Gasteiger partial charge in [0.25, 0.3) is 0 Å². The third-order valence-corrected chi connectivity index (χ3v) is 8.22. The van der Waals surface area contributed by atoms with Crippen molar-refractivity contribution in [1.29, 1.82) is 0 Å². The molecule has 2 heterocycles. The first-order chi connectivity index (χ1) is 16.3. The Bertz CT molecular complexity index is 1620. The van der Waals surface area contributed by atoms with Crippen molar-refractivity contribution in [3.63, 3.8) is 0 Å². The molecule has 0 saturated heterocycles. The van der Waals surface area contributed by atoms with Gasteiger partial charge in [-0.1, -0.05) is 32.0 Å². The fourth-order valence-electron chi connectivity index (χ4n) is 3.87. The van der Waals surface area contributed by atoms with Crippen molar-refractivity contribution < 1.29 is 22.4 Å². The molecule has 0 amide bonds. The minimum atomic E-state index is -3.97. The van der Waals surface area contributed by atoms with Crippen LogP contribution in [0, 0.1) is 5.92 Å². The maximum absolute atomic E-state index is 13.0. The van der Waals surface area contributed by atoms with Gasteiger partial charge in [-0.25, -0.2) is 13.4 Å². The van der Waals surface area contributed by atoms with E-state index in [1.54, 1.807) is 31.3 Å². The van der Waals surface area contributed by atoms with Crippen molar-refractivity contribution in [2.75, 3.05) is 7.11 Å². The second-order valence-corrected chi connectivity index (χ2v) is 11.1. The van der Waals surface area contributed by atoms with Crippen LogP contribution in [0.15, 0.2) is 70.0 Å². The molecule has 2 aromatic heterocycles. The summed E-state index contributed by atoms with van der Waals surface area (Å²) in [5, 5.41) is 2.57. The Morgan fingerprint density at radius 2 is 1.74 bits per heavy atom. The van der Waals surface area contributed by atoms with Gasteiger partial charge in [0, 0.05) is 22.4 Å². The molecule has 1 unspecified atom stereocenters. The van der Waals surface area contributed by atoms with Crippen LogP contribution >= 0.6 is 11.3 Å². The van der Waals surface area contributed by atoms with E-state index in [2.05, 4.69) is 4.72 Å². The number of hydrogen-bond acceptors (Lipinski definition) is 7. The third-order valence-electron chi connectivity index (χ3n) is 5.70. The number of nitrogens with one attached hydrogen (secondary N) is 1. The highest BCUT2D eigenvalue weighted by Crippen LogP contribution is 2.35. The first-order valence-corrected chi connectivity index (χ1v) is 13.0. The van der Waals surface area contributed by atoms with Crippen molar-refractivity contribution in [3.8, 4) is 10.6 Å². The third kappa shape index (κ3) is 3.96. The molecule has 0 aliphatic rings. The summed E-state index contributed by atoms with van der Waals surface area (Å²) in [7, 11) is -2.74. The number of nitrogens with zero attached hydrogens (tertiary/aromatic N) is 1. The van der Waals surface area contributed by atoms with Gasteiger partial charge in [0.2, 0.25) is 10.0 Å². The van der Waals surface area contributed by atoms with Gasteiger partial charge in [0.05, 0.1) is 22.2 Å². The van der Waals surface area contributed by atoms with E-state index < -0.39 is 22.0 Å². The number of carbonyl (C=O) groups is 1. The zero-order chi connectivity index (χ0) is 24.0. The molecule has 0 fully saturated rings. The van der Waals surface area contributed by atoms with E-state index in [0.717, 1.165) is 31.6 Å². The number of sulfonamides is 1. The number of ether oxygens (including phenoxy) is 1. The van der Waals surface area contributed by atoms with E-state index in [1.165, 1.54) is 19.2 Å². The highest BCUT2D eigenvalue weighted by Gasteiger charge is 2.29. The number of benzene rings is 3. The Morgan fingerprint density at radius 1 is 1.03 bits per heavy atom. The summed E-state index contributed by atoms with van der Waals surface area (Å²) in [6, 6.07) is 17.6. The molecule has 0 radical (unpaired) electrons. The predicted molar refractivity (Wildman–Crippen MR) is 133 cm³/mol. The monoisotopic (exact) mass is 494 g/mol. The van der Waals surface area contributed by atoms with Crippen LogP contribution in [0.4, 0.5) is 0 Å². The second kappa shape index (κ2) is 8.50. The van der Waals surface area contributed by atoms with Gasteiger partial charge in [0.15, 0.2) is 0 Å². The molecule has 5 rings (SSSR count). The average Bonchev–Trinajstić information content (AvgIpc) is 3.42.